The van der Waals surface area contributed by atoms with Crippen molar-refractivity contribution in [2.75, 3.05) is 19.7 Å². The van der Waals surface area contributed by atoms with Gasteiger partial charge in [0.25, 0.3) is 0 Å². The number of hydrogen-bond donors (Lipinski definition) is 1. The van der Waals surface area contributed by atoms with Crippen LogP contribution >= 0.6 is 0 Å². The molecule has 0 amide bonds. The second-order valence-electron chi connectivity index (χ2n) is 2.79. The predicted octanol–water partition coefficient (Wildman–Crippen LogP) is 0.778. The van der Waals surface area contributed by atoms with Crippen LogP contribution < -0.4 is 5.32 Å². The smallest absolute Gasteiger partial charge is 0.0700 e. The van der Waals surface area contributed by atoms with Crippen molar-refractivity contribution in [3.05, 3.63) is 0 Å². The van der Waals surface area contributed by atoms with Gasteiger partial charge in [-0.1, -0.05) is 0 Å². The minimum atomic E-state index is 0.400. The molecule has 1 heterocycles. The zero-order valence-electron chi connectivity index (χ0n) is 6.81. The summed E-state index contributed by atoms with van der Waals surface area (Å²) in [4.78, 5) is 0. The molecule has 1 saturated heterocycles. The maximum absolute atomic E-state index is 5.52. The molecule has 11 heavy (non-hydrogen) atoms. The summed E-state index contributed by atoms with van der Waals surface area (Å²) in [5.41, 5.74) is 0. The number of nitrogens with one attached hydrogen (secondary N) is 1. The van der Waals surface area contributed by atoms with Crippen molar-refractivity contribution < 1.29 is 4.74 Å². The van der Waals surface area contributed by atoms with Gasteiger partial charge in [0, 0.05) is 13.0 Å². The predicted molar refractivity (Wildman–Crippen MR) is 45.3 cm³/mol. The fraction of sp³-hybridized carbons (Fsp3) is 0.778. The fourth-order valence-electron chi connectivity index (χ4n) is 1.25. The molecule has 62 valence electrons. The topological polar surface area (TPSA) is 21.3 Å². The van der Waals surface area contributed by atoms with E-state index in [4.69, 9.17) is 11.2 Å². The summed E-state index contributed by atoms with van der Waals surface area (Å²) >= 11 is 0. The monoisotopic (exact) mass is 153 g/mol. The highest BCUT2D eigenvalue weighted by Gasteiger charge is 2.11. The second kappa shape index (κ2) is 5.17. The van der Waals surface area contributed by atoms with Gasteiger partial charge in [-0.2, -0.15) is 0 Å². The lowest BCUT2D eigenvalue weighted by Crippen LogP contribution is -2.35. The molecule has 0 spiro atoms. The van der Waals surface area contributed by atoms with E-state index in [0.29, 0.717) is 12.7 Å². The Labute approximate surface area is 68.3 Å². The lowest BCUT2D eigenvalue weighted by Gasteiger charge is -2.22. The van der Waals surface area contributed by atoms with Crippen LogP contribution in [0.25, 0.3) is 0 Å². The van der Waals surface area contributed by atoms with Gasteiger partial charge >= 0.3 is 0 Å². The van der Waals surface area contributed by atoms with E-state index in [9.17, 15) is 0 Å². The van der Waals surface area contributed by atoms with Gasteiger partial charge in [0.15, 0.2) is 0 Å². The van der Waals surface area contributed by atoms with Crippen LogP contribution in [-0.2, 0) is 4.74 Å². The molecule has 2 nitrogen and oxygen atoms in total. The maximum Gasteiger partial charge on any atom is 0.0700 e. The minimum absolute atomic E-state index is 0.400. The third-order valence-corrected chi connectivity index (χ3v) is 1.85. The molecule has 1 rings (SSSR count). The van der Waals surface area contributed by atoms with E-state index in [1.165, 1.54) is 12.8 Å². The quantitative estimate of drug-likeness (QED) is 0.478. The first-order valence-electron chi connectivity index (χ1n) is 4.19. The van der Waals surface area contributed by atoms with Crippen LogP contribution in [0, 0.1) is 12.3 Å². The van der Waals surface area contributed by atoms with E-state index in [2.05, 4.69) is 11.2 Å². The van der Waals surface area contributed by atoms with Crippen molar-refractivity contribution in [3.8, 4) is 12.3 Å². The number of hydrogen-bond acceptors (Lipinski definition) is 2. The van der Waals surface area contributed by atoms with Crippen molar-refractivity contribution in [3.63, 3.8) is 0 Å². The molecule has 1 aliphatic heterocycles. The highest BCUT2D eigenvalue weighted by Crippen LogP contribution is 2.05. The van der Waals surface area contributed by atoms with Crippen LogP contribution in [0.3, 0.4) is 0 Å². The average Bonchev–Trinajstić information content (AvgIpc) is 2.07. The molecule has 0 bridgehead atoms. The Morgan fingerprint density at radius 3 is 3.18 bits per heavy atom. The zero-order valence-corrected chi connectivity index (χ0v) is 6.81. The zero-order chi connectivity index (χ0) is 7.94. The molecule has 0 aliphatic carbocycles. The van der Waals surface area contributed by atoms with Crippen LogP contribution in [0.15, 0.2) is 0 Å². The summed E-state index contributed by atoms with van der Waals surface area (Å²) in [5.74, 6) is 2.56. The number of rotatable bonds is 3. The number of piperidine rings is 1. The largest absolute Gasteiger partial charge is 0.376 e. The van der Waals surface area contributed by atoms with Gasteiger partial charge in [0.2, 0.25) is 0 Å². The lowest BCUT2D eigenvalue weighted by molar-refractivity contribution is 0.0407. The molecule has 1 atom stereocenters. The van der Waals surface area contributed by atoms with Crippen LogP contribution in [0.1, 0.15) is 19.3 Å². The van der Waals surface area contributed by atoms with Crippen LogP contribution in [0.2, 0.25) is 0 Å². The van der Waals surface area contributed by atoms with Crippen molar-refractivity contribution in [1.29, 1.82) is 0 Å². The molecule has 0 aromatic rings. The van der Waals surface area contributed by atoms with Crippen molar-refractivity contribution in [2.45, 2.75) is 25.4 Å². The van der Waals surface area contributed by atoms with E-state index >= 15 is 0 Å². The average molecular weight is 153 g/mol. The molecule has 2 heteroatoms. The van der Waals surface area contributed by atoms with Crippen LogP contribution in [0.5, 0.6) is 0 Å². The summed E-state index contributed by atoms with van der Waals surface area (Å²) in [5, 5.41) is 3.29. The Bertz CT molecular complexity index is 133. The van der Waals surface area contributed by atoms with E-state index < -0.39 is 0 Å². The molecule has 1 unspecified atom stereocenters. The van der Waals surface area contributed by atoms with Gasteiger partial charge < -0.3 is 10.1 Å². The summed E-state index contributed by atoms with van der Waals surface area (Å²) < 4.78 is 5.52. The van der Waals surface area contributed by atoms with Crippen LogP contribution in [-0.4, -0.2) is 25.8 Å². The third kappa shape index (κ3) is 3.41. The molecule has 0 aromatic carbocycles. The Balaban J connectivity index is 2.01. The summed E-state index contributed by atoms with van der Waals surface area (Å²) in [6, 6.07) is 0. The number of ether oxygens (including phenoxy) is 1. The van der Waals surface area contributed by atoms with E-state index in [1.54, 1.807) is 0 Å². The lowest BCUT2D eigenvalue weighted by atomic mass is 10.1. The van der Waals surface area contributed by atoms with Crippen molar-refractivity contribution in [2.24, 2.45) is 0 Å². The van der Waals surface area contributed by atoms with Gasteiger partial charge in [0.05, 0.1) is 12.7 Å². The Morgan fingerprint density at radius 2 is 2.55 bits per heavy atom. The highest BCUT2D eigenvalue weighted by atomic mass is 16.5. The van der Waals surface area contributed by atoms with Crippen molar-refractivity contribution >= 4 is 0 Å². The molecule has 0 radical (unpaired) electrons. The molecule has 1 fully saturated rings. The molecule has 1 aliphatic rings. The Hall–Kier alpha value is -0.520. The first-order valence-corrected chi connectivity index (χ1v) is 4.19. The maximum atomic E-state index is 5.52. The van der Waals surface area contributed by atoms with E-state index in [1.807, 2.05) is 0 Å². The van der Waals surface area contributed by atoms with Crippen molar-refractivity contribution in [1.82, 2.24) is 5.32 Å². The normalized spacial score (nSPS) is 24.5. The van der Waals surface area contributed by atoms with Gasteiger partial charge in [-0.3, -0.25) is 0 Å². The Morgan fingerprint density at radius 1 is 1.64 bits per heavy atom. The Kier molecular flexibility index (Phi) is 4.03. The van der Waals surface area contributed by atoms with Gasteiger partial charge in [0.1, 0.15) is 0 Å². The third-order valence-electron chi connectivity index (χ3n) is 1.85. The minimum Gasteiger partial charge on any atom is -0.376 e. The van der Waals surface area contributed by atoms with Gasteiger partial charge in [-0.05, 0) is 19.4 Å². The van der Waals surface area contributed by atoms with Gasteiger partial charge in [-0.25, -0.2) is 0 Å². The van der Waals surface area contributed by atoms with Crippen LogP contribution in [0.4, 0.5) is 0 Å². The summed E-state index contributed by atoms with van der Waals surface area (Å²) in [6.45, 7) is 2.84. The second-order valence-corrected chi connectivity index (χ2v) is 2.79. The molecular formula is C9H15NO. The number of terminal acetylenes is 1. The summed E-state index contributed by atoms with van der Waals surface area (Å²) in [6.07, 6.45) is 8.63. The standard InChI is InChI=1S/C9H15NO/c1-2-3-7-11-9-5-4-6-10-8-9/h1,9-10H,3-8H2. The molecule has 0 aromatic heterocycles. The molecular weight excluding hydrogens is 138 g/mol. The van der Waals surface area contributed by atoms with E-state index in [0.717, 1.165) is 19.5 Å². The SMILES string of the molecule is C#CCCOC1CCCNC1. The molecule has 1 N–H and O–H groups in total. The fourth-order valence-corrected chi connectivity index (χ4v) is 1.25. The first-order chi connectivity index (χ1) is 5.43. The molecule has 0 saturated carbocycles. The van der Waals surface area contributed by atoms with E-state index in [-0.39, 0.29) is 0 Å². The highest BCUT2D eigenvalue weighted by molar-refractivity contribution is 4.83. The first kappa shape index (κ1) is 8.58. The summed E-state index contributed by atoms with van der Waals surface area (Å²) in [7, 11) is 0. The van der Waals surface area contributed by atoms with Gasteiger partial charge in [-0.15, -0.1) is 12.3 Å².